The van der Waals surface area contributed by atoms with Crippen LogP contribution in [0, 0.1) is 0 Å². The Morgan fingerprint density at radius 2 is 2.08 bits per heavy atom. The Morgan fingerprint density at radius 3 is 2.75 bits per heavy atom. The third-order valence-corrected chi connectivity index (χ3v) is 6.23. The van der Waals surface area contributed by atoms with E-state index < -0.39 is 15.9 Å². The Labute approximate surface area is 149 Å². The minimum Gasteiger partial charge on any atom is -0.497 e. The molecule has 0 fully saturated rings. The van der Waals surface area contributed by atoms with Gasteiger partial charge >= 0.3 is 0 Å². The minimum atomic E-state index is -3.71. The first-order valence-electron chi connectivity index (χ1n) is 7.05. The zero-order valence-corrected chi connectivity index (χ0v) is 15.3. The Morgan fingerprint density at radius 1 is 1.29 bits per heavy atom. The summed E-state index contributed by atoms with van der Waals surface area (Å²) < 4.78 is 31.8. The molecule has 1 heterocycles. The van der Waals surface area contributed by atoms with Gasteiger partial charge in [-0.05, 0) is 36.2 Å². The standard InChI is InChI=1S/C15H17ClN2O4S2/c1-22-12-4-2-3-11(9-12)7-8-17-14(19)10-18-24(20,21)15-6-5-13(16)23-15/h2-6,9,18H,7-8,10H2,1H3,(H,17,19). The zero-order chi connectivity index (χ0) is 17.6. The maximum Gasteiger partial charge on any atom is 0.250 e. The number of thiophene rings is 1. The average molecular weight is 389 g/mol. The van der Waals surface area contributed by atoms with Gasteiger partial charge in [0, 0.05) is 6.54 Å². The summed E-state index contributed by atoms with van der Waals surface area (Å²) in [6, 6.07) is 10.4. The van der Waals surface area contributed by atoms with Crippen molar-refractivity contribution in [2.24, 2.45) is 0 Å². The maximum atomic E-state index is 12.0. The van der Waals surface area contributed by atoms with Gasteiger partial charge in [-0.25, -0.2) is 13.1 Å². The van der Waals surface area contributed by atoms with E-state index in [1.54, 1.807) is 7.11 Å². The molecule has 1 aromatic heterocycles. The predicted octanol–water partition coefficient (Wildman–Crippen LogP) is 2.05. The third-order valence-electron chi connectivity index (χ3n) is 3.11. The fraction of sp³-hybridized carbons (Fsp3) is 0.267. The van der Waals surface area contributed by atoms with E-state index in [9.17, 15) is 13.2 Å². The summed E-state index contributed by atoms with van der Waals surface area (Å²) >= 11 is 6.65. The first-order chi connectivity index (χ1) is 11.4. The number of ether oxygens (including phenoxy) is 1. The molecule has 0 bridgehead atoms. The van der Waals surface area contributed by atoms with Crippen LogP contribution < -0.4 is 14.8 Å². The number of amides is 1. The number of carbonyl (C=O) groups is 1. The SMILES string of the molecule is COc1cccc(CCNC(=O)CNS(=O)(=O)c2ccc(Cl)s2)c1. The summed E-state index contributed by atoms with van der Waals surface area (Å²) in [4.78, 5) is 11.8. The van der Waals surface area contributed by atoms with Crippen molar-refractivity contribution in [1.29, 1.82) is 0 Å². The van der Waals surface area contributed by atoms with Crippen molar-refractivity contribution < 1.29 is 17.9 Å². The van der Waals surface area contributed by atoms with Crippen LogP contribution >= 0.6 is 22.9 Å². The monoisotopic (exact) mass is 388 g/mol. The third kappa shape index (κ3) is 5.48. The Kier molecular flexibility index (Phi) is 6.61. The van der Waals surface area contributed by atoms with Gasteiger partial charge in [-0.3, -0.25) is 4.79 Å². The number of halogens is 1. The van der Waals surface area contributed by atoms with Gasteiger partial charge in [0.05, 0.1) is 18.0 Å². The lowest BCUT2D eigenvalue weighted by Crippen LogP contribution is -2.37. The number of carbonyl (C=O) groups excluding carboxylic acids is 1. The largest absolute Gasteiger partial charge is 0.497 e. The molecule has 0 radical (unpaired) electrons. The van der Waals surface area contributed by atoms with Crippen molar-refractivity contribution in [3.05, 3.63) is 46.3 Å². The normalized spacial score (nSPS) is 11.2. The molecule has 24 heavy (non-hydrogen) atoms. The van der Waals surface area contributed by atoms with E-state index >= 15 is 0 Å². The lowest BCUT2D eigenvalue weighted by atomic mass is 10.1. The van der Waals surface area contributed by atoms with Gasteiger partial charge in [0.2, 0.25) is 5.91 Å². The topological polar surface area (TPSA) is 84.5 Å². The van der Waals surface area contributed by atoms with Crippen LogP contribution in [0.3, 0.4) is 0 Å². The Balaban J connectivity index is 1.77. The van der Waals surface area contributed by atoms with Crippen LogP contribution in [0.1, 0.15) is 5.56 Å². The fourth-order valence-electron chi connectivity index (χ4n) is 1.91. The molecule has 0 saturated carbocycles. The van der Waals surface area contributed by atoms with E-state index in [1.165, 1.54) is 12.1 Å². The summed E-state index contributed by atoms with van der Waals surface area (Å²) in [5, 5.41) is 2.67. The summed E-state index contributed by atoms with van der Waals surface area (Å²) in [7, 11) is -2.12. The predicted molar refractivity (Wildman–Crippen MR) is 94.2 cm³/mol. The molecule has 0 aliphatic rings. The van der Waals surface area contributed by atoms with Gasteiger partial charge in [0.25, 0.3) is 10.0 Å². The number of hydrogen-bond donors (Lipinski definition) is 2. The summed E-state index contributed by atoms with van der Waals surface area (Å²) in [6.07, 6.45) is 0.621. The number of nitrogens with one attached hydrogen (secondary N) is 2. The number of methoxy groups -OCH3 is 1. The second-order valence-corrected chi connectivity index (χ2v) is 8.54. The van der Waals surface area contributed by atoms with Gasteiger partial charge in [0.1, 0.15) is 9.96 Å². The molecule has 0 spiro atoms. The van der Waals surface area contributed by atoms with Crippen molar-refractivity contribution >= 4 is 38.9 Å². The van der Waals surface area contributed by atoms with E-state index in [0.717, 1.165) is 22.6 Å². The summed E-state index contributed by atoms with van der Waals surface area (Å²) in [6.45, 7) is 0.0779. The first-order valence-corrected chi connectivity index (χ1v) is 9.73. The highest BCUT2D eigenvalue weighted by atomic mass is 35.5. The molecule has 1 aromatic carbocycles. The Hall–Kier alpha value is -1.61. The maximum absolute atomic E-state index is 12.0. The smallest absolute Gasteiger partial charge is 0.250 e. The fourth-order valence-corrected chi connectivity index (χ4v) is 4.42. The van der Waals surface area contributed by atoms with E-state index in [1.807, 2.05) is 24.3 Å². The van der Waals surface area contributed by atoms with Gasteiger partial charge in [-0.15, -0.1) is 11.3 Å². The first kappa shape index (κ1) is 18.7. The lowest BCUT2D eigenvalue weighted by Gasteiger charge is -2.07. The minimum absolute atomic E-state index is 0.0803. The highest BCUT2D eigenvalue weighted by Gasteiger charge is 2.17. The van der Waals surface area contributed by atoms with E-state index in [4.69, 9.17) is 16.3 Å². The molecule has 9 heteroatoms. The molecule has 0 saturated heterocycles. The van der Waals surface area contributed by atoms with Crippen molar-refractivity contribution in [1.82, 2.24) is 10.0 Å². The molecule has 0 aliphatic carbocycles. The average Bonchev–Trinajstić information content (AvgIpc) is 3.01. The quantitative estimate of drug-likeness (QED) is 0.724. The molecule has 0 atom stereocenters. The van der Waals surface area contributed by atoms with Crippen LogP contribution in [0.4, 0.5) is 0 Å². The molecule has 1 amide bonds. The molecule has 2 aromatic rings. The molecule has 2 rings (SSSR count). The molecule has 2 N–H and O–H groups in total. The van der Waals surface area contributed by atoms with Crippen molar-refractivity contribution in [2.45, 2.75) is 10.6 Å². The molecule has 6 nitrogen and oxygen atoms in total. The second-order valence-electron chi connectivity index (χ2n) is 4.83. The van der Waals surface area contributed by atoms with Crippen LogP contribution in [0.15, 0.2) is 40.6 Å². The molecule has 0 aliphatic heterocycles. The van der Waals surface area contributed by atoms with Crippen LogP contribution in [-0.4, -0.2) is 34.5 Å². The second kappa shape index (κ2) is 8.48. The number of hydrogen-bond acceptors (Lipinski definition) is 5. The van der Waals surface area contributed by atoms with Gasteiger partial charge in [-0.1, -0.05) is 23.7 Å². The highest BCUT2D eigenvalue weighted by molar-refractivity contribution is 7.91. The molecule has 130 valence electrons. The highest BCUT2D eigenvalue weighted by Crippen LogP contribution is 2.25. The van der Waals surface area contributed by atoms with Crippen LogP contribution in [0.25, 0.3) is 0 Å². The van der Waals surface area contributed by atoms with Crippen molar-refractivity contribution in [3.8, 4) is 5.75 Å². The summed E-state index contributed by atoms with van der Waals surface area (Å²) in [5.41, 5.74) is 1.02. The van der Waals surface area contributed by atoms with Crippen LogP contribution in [-0.2, 0) is 21.2 Å². The molecule has 0 unspecified atom stereocenters. The van der Waals surface area contributed by atoms with E-state index in [-0.39, 0.29) is 10.8 Å². The van der Waals surface area contributed by atoms with Gasteiger partial charge < -0.3 is 10.1 Å². The number of benzene rings is 1. The zero-order valence-electron chi connectivity index (χ0n) is 12.9. The molecular formula is C15H17ClN2O4S2. The number of sulfonamides is 1. The number of rotatable bonds is 8. The van der Waals surface area contributed by atoms with E-state index in [2.05, 4.69) is 10.0 Å². The summed E-state index contributed by atoms with van der Waals surface area (Å²) in [5.74, 6) is 0.352. The lowest BCUT2D eigenvalue weighted by molar-refractivity contribution is -0.119. The molecular weight excluding hydrogens is 372 g/mol. The van der Waals surface area contributed by atoms with Gasteiger partial charge in [-0.2, -0.15) is 0 Å². The van der Waals surface area contributed by atoms with Crippen LogP contribution in [0.5, 0.6) is 5.75 Å². The van der Waals surface area contributed by atoms with Crippen molar-refractivity contribution in [2.75, 3.05) is 20.2 Å². The van der Waals surface area contributed by atoms with Crippen LogP contribution in [0.2, 0.25) is 4.34 Å². The Bertz CT molecular complexity index is 805. The van der Waals surface area contributed by atoms with E-state index in [0.29, 0.717) is 17.3 Å². The van der Waals surface area contributed by atoms with Gasteiger partial charge in [0.15, 0.2) is 0 Å². The van der Waals surface area contributed by atoms with Crippen molar-refractivity contribution in [3.63, 3.8) is 0 Å².